The molecular weight excluding hydrogens is 372 g/mol. The minimum Gasteiger partial charge on any atom is -0.397 e. The van der Waals surface area contributed by atoms with Gasteiger partial charge in [0.05, 0.1) is 16.3 Å². The third kappa shape index (κ3) is 6.55. The number of carbonyl (C=O) groups is 1. The van der Waals surface area contributed by atoms with Crippen LogP contribution in [0, 0.1) is 6.92 Å². The predicted molar refractivity (Wildman–Crippen MR) is 118 cm³/mol. The number of nitrogens with zero attached hydrogens (tertiary/aromatic N) is 2. The summed E-state index contributed by atoms with van der Waals surface area (Å²) in [6.45, 7) is 10.6. The summed E-state index contributed by atoms with van der Waals surface area (Å²) in [6.07, 6.45) is 3.34. The van der Waals surface area contributed by atoms with Gasteiger partial charge in [-0.3, -0.25) is 4.79 Å². The summed E-state index contributed by atoms with van der Waals surface area (Å²) in [4.78, 5) is 20.7. The van der Waals surface area contributed by atoms with Crippen molar-refractivity contribution in [2.24, 2.45) is 10.7 Å². The van der Waals surface area contributed by atoms with Crippen LogP contribution in [0.25, 0.3) is 5.70 Å². The molecule has 1 heterocycles. The predicted octanol–water partition coefficient (Wildman–Crippen LogP) is 3.47. The van der Waals surface area contributed by atoms with E-state index in [-0.39, 0.29) is 5.91 Å². The molecule has 0 fully saturated rings. The zero-order valence-corrected chi connectivity index (χ0v) is 17.2. The Kier molecular flexibility index (Phi) is 7.76. The highest BCUT2D eigenvalue weighted by Gasteiger charge is 2.08. The molecule has 1 amide bonds. The summed E-state index contributed by atoms with van der Waals surface area (Å²) in [6, 6.07) is 7.69. The lowest BCUT2D eigenvalue weighted by Crippen LogP contribution is -2.18. The SMILES string of the molecule is C=C(/N=C\C=C(/N)c1sc(NCC)nc1C)Nc1cccc(CNC(C)=O)c1. The Labute approximate surface area is 169 Å². The van der Waals surface area contributed by atoms with Crippen LogP contribution in [0.15, 0.2) is 47.7 Å². The number of thiazole rings is 1. The first kappa shape index (κ1) is 21.2. The van der Waals surface area contributed by atoms with Crippen LogP contribution < -0.4 is 21.7 Å². The van der Waals surface area contributed by atoms with Crippen molar-refractivity contribution < 1.29 is 4.79 Å². The Hall–Kier alpha value is -3.13. The van der Waals surface area contributed by atoms with Gasteiger partial charge in [0, 0.05) is 31.9 Å². The van der Waals surface area contributed by atoms with E-state index in [9.17, 15) is 4.79 Å². The van der Waals surface area contributed by atoms with Gasteiger partial charge in [0.25, 0.3) is 0 Å². The van der Waals surface area contributed by atoms with E-state index in [1.54, 1.807) is 12.3 Å². The fraction of sp³-hybridized carbons (Fsp3) is 0.250. The van der Waals surface area contributed by atoms with Crippen LogP contribution in [0.2, 0.25) is 0 Å². The summed E-state index contributed by atoms with van der Waals surface area (Å²) < 4.78 is 0. The molecular formula is C20H26N6OS. The van der Waals surface area contributed by atoms with E-state index in [4.69, 9.17) is 5.73 Å². The van der Waals surface area contributed by atoms with Crippen molar-refractivity contribution in [1.29, 1.82) is 0 Å². The minimum absolute atomic E-state index is 0.0643. The Morgan fingerprint density at radius 1 is 1.43 bits per heavy atom. The number of amides is 1. The summed E-state index contributed by atoms with van der Waals surface area (Å²) in [5, 5.41) is 9.93. The van der Waals surface area contributed by atoms with Crippen molar-refractivity contribution in [3.8, 4) is 0 Å². The number of nitrogens with two attached hydrogens (primary N) is 1. The number of benzene rings is 1. The summed E-state index contributed by atoms with van der Waals surface area (Å²) in [5.41, 5.74) is 9.47. The fourth-order valence-corrected chi connectivity index (χ4v) is 3.33. The first-order valence-corrected chi connectivity index (χ1v) is 9.71. The molecule has 2 rings (SSSR count). The minimum atomic E-state index is -0.0643. The van der Waals surface area contributed by atoms with Crippen molar-refractivity contribution in [1.82, 2.24) is 10.3 Å². The normalized spacial score (nSPS) is 11.5. The molecule has 5 N–H and O–H groups in total. The largest absolute Gasteiger partial charge is 0.397 e. The summed E-state index contributed by atoms with van der Waals surface area (Å²) in [7, 11) is 0. The van der Waals surface area contributed by atoms with Crippen molar-refractivity contribution in [2.45, 2.75) is 27.3 Å². The highest BCUT2D eigenvalue weighted by atomic mass is 32.1. The number of nitrogens with one attached hydrogen (secondary N) is 3. The molecule has 0 saturated heterocycles. The molecule has 148 valence electrons. The maximum atomic E-state index is 11.0. The maximum Gasteiger partial charge on any atom is 0.217 e. The molecule has 0 atom stereocenters. The fourth-order valence-electron chi connectivity index (χ4n) is 2.36. The second kappa shape index (κ2) is 10.3. The second-order valence-electron chi connectivity index (χ2n) is 6.05. The van der Waals surface area contributed by atoms with E-state index >= 15 is 0 Å². The monoisotopic (exact) mass is 398 g/mol. The molecule has 0 aliphatic carbocycles. The average molecular weight is 399 g/mol. The van der Waals surface area contributed by atoms with Gasteiger partial charge in [0.2, 0.25) is 5.91 Å². The van der Waals surface area contributed by atoms with Crippen LogP contribution in [-0.4, -0.2) is 23.7 Å². The zero-order chi connectivity index (χ0) is 20.5. The number of aryl methyl sites for hydroxylation is 1. The molecule has 0 aliphatic rings. The van der Waals surface area contributed by atoms with Crippen LogP contribution in [0.3, 0.4) is 0 Å². The number of hydrogen-bond donors (Lipinski definition) is 4. The van der Waals surface area contributed by atoms with Gasteiger partial charge in [-0.2, -0.15) is 0 Å². The average Bonchev–Trinajstić information content (AvgIpc) is 3.01. The molecule has 0 aliphatic heterocycles. The van der Waals surface area contributed by atoms with E-state index in [1.165, 1.54) is 18.3 Å². The van der Waals surface area contributed by atoms with Gasteiger partial charge < -0.3 is 21.7 Å². The second-order valence-corrected chi connectivity index (χ2v) is 7.04. The molecule has 1 aromatic heterocycles. The molecule has 8 heteroatoms. The summed E-state index contributed by atoms with van der Waals surface area (Å²) in [5.74, 6) is 0.417. The van der Waals surface area contributed by atoms with E-state index in [1.807, 2.05) is 38.1 Å². The molecule has 7 nitrogen and oxygen atoms in total. The van der Waals surface area contributed by atoms with Gasteiger partial charge in [-0.05, 0) is 37.6 Å². The number of allylic oxidation sites excluding steroid dienone is 1. The Balaban J connectivity index is 1.97. The van der Waals surface area contributed by atoms with Gasteiger partial charge in [0.15, 0.2) is 5.13 Å². The van der Waals surface area contributed by atoms with E-state index < -0.39 is 0 Å². The number of aliphatic imine (C=N–C) groups is 1. The van der Waals surface area contributed by atoms with E-state index in [0.29, 0.717) is 18.1 Å². The first-order valence-electron chi connectivity index (χ1n) is 8.89. The van der Waals surface area contributed by atoms with E-state index in [0.717, 1.165) is 33.5 Å². The molecule has 28 heavy (non-hydrogen) atoms. The van der Waals surface area contributed by atoms with Gasteiger partial charge in [-0.25, -0.2) is 9.98 Å². The lowest BCUT2D eigenvalue weighted by Gasteiger charge is -2.08. The standard InChI is InChI=1S/C20H26N6OS/c1-5-22-20-25-13(2)19(28-20)18(21)9-10-23-14(3)26-17-8-6-7-16(11-17)12-24-15(4)27/h6-11,26H,3,5,12,21H2,1-2,4H3,(H,22,25)(H,24,27)/b18-9-,23-10-. The number of carbonyl (C=O) groups excluding carboxylic acids is 1. The topological polar surface area (TPSA) is 104 Å². The van der Waals surface area contributed by atoms with Crippen molar-refractivity contribution >= 4 is 40.0 Å². The molecule has 0 saturated carbocycles. The van der Waals surface area contributed by atoms with Gasteiger partial charge in [-0.1, -0.05) is 30.0 Å². The third-order valence-corrected chi connectivity index (χ3v) is 4.79. The number of rotatable bonds is 9. The van der Waals surface area contributed by atoms with Crippen molar-refractivity contribution in [3.05, 3.63) is 58.9 Å². The molecule has 0 spiro atoms. The highest BCUT2D eigenvalue weighted by molar-refractivity contribution is 7.16. The van der Waals surface area contributed by atoms with E-state index in [2.05, 4.69) is 32.5 Å². The first-order chi connectivity index (χ1) is 13.4. The summed E-state index contributed by atoms with van der Waals surface area (Å²) >= 11 is 1.52. The molecule has 1 aromatic carbocycles. The van der Waals surface area contributed by atoms with Gasteiger partial charge >= 0.3 is 0 Å². The van der Waals surface area contributed by atoms with Crippen molar-refractivity contribution in [3.63, 3.8) is 0 Å². The van der Waals surface area contributed by atoms with Crippen LogP contribution in [0.5, 0.6) is 0 Å². The van der Waals surface area contributed by atoms with Crippen LogP contribution in [-0.2, 0) is 11.3 Å². The Morgan fingerprint density at radius 3 is 2.93 bits per heavy atom. The highest BCUT2D eigenvalue weighted by Crippen LogP contribution is 2.26. The quantitative estimate of drug-likeness (QED) is 0.484. The van der Waals surface area contributed by atoms with Crippen LogP contribution in [0.1, 0.15) is 30.0 Å². The van der Waals surface area contributed by atoms with Crippen LogP contribution in [0.4, 0.5) is 10.8 Å². The molecule has 0 radical (unpaired) electrons. The number of anilines is 2. The van der Waals surface area contributed by atoms with Crippen LogP contribution >= 0.6 is 11.3 Å². The maximum absolute atomic E-state index is 11.0. The lowest BCUT2D eigenvalue weighted by molar-refractivity contribution is -0.119. The molecule has 2 aromatic rings. The van der Waals surface area contributed by atoms with Gasteiger partial charge in [0.1, 0.15) is 5.82 Å². The lowest BCUT2D eigenvalue weighted by atomic mass is 10.2. The third-order valence-electron chi connectivity index (χ3n) is 3.63. The number of aromatic nitrogens is 1. The van der Waals surface area contributed by atoms with Crippen molar-refractivity contribution in [2.75, 3.05) is 17.2 Å². The zero-order valence-electron chi connectivity index (χ0n) is 16.4. The van der Waals surface area contributed by atoms with Gasteiger partial charge in [-0.15, -0.1) is 0 Å². The number of hydrogen-bond acceptors (Lipinski definition) is 7. The smallest absolute Gasteiger partial charge is 0.217 e. The molecule has 0 bridgehead atoms. The Bertz CT molecular complexity index is 900. The molecule has 0 unspecified atom stereocenters. The Morgan fingerprint density at radius 2 is 2.21 bits per heavy atom.